The Bertz CT molecular complexity index is 323. The summed E-state index contributed by atoms with van der Waals surface area (Å²) in [5.41, 5.74) is 0. The van der Waals surface area contributed by atoms with E-state index in [4.69, 9.17) is 9.15 Å². The van der Waals surface area contributed by atoms with E-state index in [2.05, 4.69) is 28.2 Å². The summed E-state index contributed by atoms with van der Waals surface area (Å²) in [6.45, 7) is 4.67. The predicted octanol–water partition coefficient (Wildman–Crippen LogP) is 3.12. The molecule has 1 aliphatic carbocycles. The van der Waals surface area contributed by atoms with E-state index < -0.39 is 0 Å². The van der Waals surface area contributed by atoms with E-state index in [-0.39, 0.29) is 6.04 Å². The lowest BCUT2D eigenvalue weighted by Crippen LogP contribution is -2.23. The Morgan fingerprint density at radius 1 is 1.56 bits per heavy atom. The summed E-state index contributed by atoms with van der Waals surface area (Å²) in [5, 5.41) is 3.37. The molecule has 1 fully saturated rings. The fraction of sp³-hybridized carbons (Fsp3) is 0.667. The van der Waals surface area contributed by atoms with Crippen LogP contribution in [0.5, 0.6) is 0 Å². The first kappa shape index (κ1) is 12.1. The molecule has 1 saturated carbocycles. The van der Waals surface area contributed by atoms with E-state index in [0.29, 0.717) is 0 Å². The van der Waals surface area contributed by atoms with Gasteiger partial charge < -0.3 is 14.5 Å². The van der Waals surface area contributed by atoms with Crippen molar-refractivity contribution in [3.63, 3.8) is 0 Å². The molecule has 1 aliphatic rings. The van der Waals surface area contributed by atoms with Crippen LogP contribution in [0.15, 0.2) is 21.2 Å². The molecule has 0 spiro atoms. The molecule has 1 aromatic heterocycles. The van der Waals surface area contributed by atoms with Crippen LogP contribution in [0.25, 0.3) is 0 Å². The highest BCUT2D eigenvalue weighted by Crippen LogP contribution is 2.28. The lowest BCUT2D eigenvalue weighted by molar-refractivity contribution is 0.124. The fourth-order valence-electron chi connectivity index (χ4n) is 1.54. The first-order chi connectivity index (χ1) is 7.75. The van der Waals surface area contributed by atoms with Crippen LogP contribution in [0.1, 0.15) is 31.6 Å². The molecule has 0 aromatic carbocycles. The Kier molecular flexibility index (Phi) is 4.44. The van der Waals surface area contributed by atoms with Gasteiger partial charge in [-0.15, -0.1) is 0 Å². The molecule has 1 heterocycles. The summed E-state index contributed by atoms with van der Waals surface area (Å²) in [7, 11) is 0. The van der Waals surface area contributed by atoms with E-state index in [9.17, 15) is 0 Å². The highest BCUT2D eigenvalue weighted by atomic mass is 79.9. The van der Waals surface area contributed by atoms with Gasteiger partial charge in [-0.05, 0) is 53.7 Å². The third kappa shape index (κ3) is 3.92. The first-order valence-corrected chi connectivity index (χ1v) is 6.61. The van der Waals surface area contributed by atoms with Crippen molar-refractivity contribution in [3.05, 3.63) is 22.6 Å². The average molecular weight is 288 g/mol. The second-order valence-electron chi connectivity index (χ2n) is 4.34. The van der Waals surface area contributed by atoms with Gasteiger partial charge in [0.2, 0.25) is 0 Å². The van der Waals surface area contributed by atoms with Gasteiger partial charge in [-0.2, -0.15) is 0 Å². The number of nitrogens with one attached hydrogen (secondary N) is 1. The van der Waals surface area contributed by atoms with Crippen LogP contribution >= 0.6 is 15.9 Å². The van der Waals surface area contributed by atoms with Crippen molar-refractivity contribution in [2.45, 2.75) is 25.8 Å². The minimum absolute atomic E-state index is 0.232. The zero-order chi connectivity index (χ0) is 11.4. The van der Waals surface area contributed by atoms with Gasteiger partial charge in [-0.3, -0.25) is 0 Å². The van der Waals surface area contributed by atoms with Gasteiger partial charge in [0.25, 0.3) is 0 Å². The van der Waals surface area contributed by atoms with Gasteiger partial charge in [0, 0.05) is 13.2 Å². The van der Waals surface area contributed by atoms with Crippen molar-refractivity contribution < 1.29 is 9.15 Å². The summed E-state index contributed by atoms with van der Waals surface area (Å²) in [6, 6.07) is 4.13. The second-order valence-corrected chi connectivity index (χ2v) is 5.12. The van der Waals surface area contributed by atoms with E-state index in [1.54, 1.807) is 0 Å². The number of halogens is 1. The monoisotopic (exact) mass is 287 g/mol. The van der Waals surface area contributed by atoms with Crippen molar-refractivity contribution >= 4 is 15.9 Å². The number of furan rings is 1. The molecule has 0 bridgehead atoms. The van der Waals surface area contributed by atoms with Crippen LogP contribution < -0.4 is 5.32 Å². The maximum atomic E-state index is 5.55. The van der Waals surface area contributed by atoms with Crippen LogP contribution in [-0.4, -0.2) is 19.8 Å². The van der Waals surface area contributed by atoms with E-state index >= 15 is 0 Å². The van der Waals surface area contributed by atoms with E-state index in [0.717, 1.165) is 36.1 Å². The topological polar surface area (TPSA) is 34.4 Å². The van der Waals surface area contributed by atoms with Crippen molar-refractivity contribution in [1.29, 1.82) is 0 Å². The number of hydrogen-bond acceptors (Lipinski definition) is 3. The summed E-state index contributed by atoms with van der Waals surface area (Å²) in [6.07, 6.45) is 2.70. The molecule has 0 aliphatic heterocycles. The standard InChI is InChI=1S/C12H18BrNO2/c1-9(11-4-5-12(13)16-11)14-6-7-15-8-10-2-3-10/h4-5,9-10,14H,2-3,6-8H2,1H3. The van der Waals surface area contributed by atoms with Gasteiger partial charge >= 0.3 is 0 Å². The summed E-state index contributed by atoms with van der Waals surface area (Å²) < 4.78 is 11.8. The molecule has 1 atom stereocenters. The number of hydrogen-bond donors (Lipinski definition) is 1. The molecule has 4 heteroatoms. The minimum atomic E-state index is 0.232. The number of ether oxygens (including phenoxy) is 1. The molecule has 1 unspecified atom stereocenters. The van der Waals surface area contributed by atoms with E-state index in [1.807, 2.05) is 12.1 Å². The molecule has 0 saturated heterocycles. The van der Waals surface area contributed by atoms with Crippen LogP contribution in [-0.2, 0) is 4.74 Å². The fourth-order valence-corrected chi connectivity index (χ4v) is 1.86. The lowest BCUT2D eigenvalue weighted by atomic mass is 10.2. The normalized spacial score (nSPS) is 17.6. The van der Waals surface area contributed by atoms with Crippen LogP contribution in [0.4, 0.5) is 0 Å². The molecular weight excluding hydrogens is 270 g/mol. The predicted molar refractivity (Wildman–Crippen MR) is 66.4 cm³/mol. The van der Waals surface area contributed by atoms with Crippen LogP contribution in [0.3, 0.4) is 0 Å². The minimum Gasteiger partial charge on any atom is -0.453 e. The van der Waals surface area contributed by atoms with E-state index in [1.165, 1.54) is 12.8 Å². The lowest BCUT2D eigenvalue weighted by Gasteiger charge is -2.11. The summed E-state index contributed by atoms with van der Waals surface area (Å²) in [4.78, 5) is 0. The van der Waals surface area contributed by atoms with Crippen molar-refractivity contribution in [2.75, 3.05) is 19.8 Å². The van der Waals surface area contributed by atoms with Crippen molar-refractivity contribution in [1.82, 2.24) is 5.32 Å². The van der Waals surface area contributed by atoms with Gasteiger partial charge in [0.05, 0.1) is 12.6 Å². The SMILES string of the molecule is CC(NCCOCC1CC1)c1ccc(Br)o1. The highest BCUT2D eigenvalue weighted by Gasteiger charge is 2.20. The molecule has 1 N–H and O–H groups in total. The third-order valence-electron chi connectivity index (χ3n) is 2.77. The molecule has 0 radical (unpaired) electrons. The van der Waals surface area contributed by atoms with Gasteiger partial charge in [0.15, 0.2) is 4.67 Å². The Balaban J connectivity index is 1.57. The average Bonchev–Trinajstić information content (AvgIpc) is 2.99. The number of rotatable bonds is 7. The third-order valence-corrected chi connectivity index (χ3v) is 3.19. The molecule has 2 rings (SSSR count). The Labute approximate surface area is 105 Å². The second kappa shape index (κ2) is 5.84. The van der Waals surface area contributed by atoms with Crippen LogP contribution in [0.2, 0.25) is 0 Å². The molecule has 0 amide bonds. The summed E-state index contributed by atoms with van der Waals surface area (Å²) >= 11 is 3.30. The molecule has 1 aromatic rings. The van der Waals surface area contributed by atoms with Crippen LogP contribution in [0, 0.1) is 5.92 Å². The maximum Gasteiger partial charge on any atom is 0.169 e. The largest absolute Gasteiger partial charge is 0.453 e. The Hall–Kier alpha value is -0.320. The maximum absolute atomic E-state index is 5.55. The van der Waals surface area contributed by atoms with Crippen molar-refractivity contribution in [3.8, 4) is 0 Å². The van der Waals surface area contributed by atoms with Crippen molar-refractivity contribution in [2.24, 2.45) is 5.92 Å². The molecule has 16 heavy (non-hydrogen) atoms. The Morgan fingerprint density at radius 2 is 2.38 bits per heavy atom. The molecule has 90 valence electrons. The smallest absolute Gasteiger partial charge is 0.169 e. The quantitative estimate of drug-likeness (QED) is 0.783. The molecule has 3 nitrogen and oxygen atoms in total. The van der Waals surface area contributed by atoms with Gasteiger partial charge in [-0.1, -0.05) is 0 Å². The highest BCUT2D eigenvalue weighted by molar-refractivity contribution is 9.10. The zero-order valence-corrected chi connectivity index (χ0v) is 11.1. The first-order valence-electron chi connectivity index (χ1n) is 5.82. The Morgan fingerprint density at radius 3 is 3.00 bits per heavy atom. The summed E-state index contributed by atoms with van der Waals surface area (Å²) in [5.74, 6) is 1.80. The van der Waals surface area contributed by atoms with Gasteiger partial charge in [-0.25, -0.2) is 0 Å². The molecular formula is C12H18BrNO2. The van der Waals surface area contributed by atoms with Gasteiger partial charge in [0.1, 0.15) is 5.76 Å². The zero-order valence-electron chi connectivity index (χ0n) is 9.54.